The van der Waals surface area contributed by atoms with Crippen molar-refractivity contribution in [3.05, 3.63) is 95.3 Å². The lowest BCUT2D eigenvalue weighted by Crippen LogP contribution is -2.45. The Morgan fingerprint density at radius 1 is 1.25 bits per heavy atom. The molecule has 1 aromatic heterocycles. The summed E-state index contributed by atoms with van der Waals surface area (Å²) in [4.78, 5) is 12.9. The molecule has 4 rings (SSSR count). The molecule has 6 nitrogen and oxygen atoms in total. The Morgan fingerprint density at radius 2 is 1.97 bits per heavy atom. The van der Waals surface area contributed by atoms with Crippen molar-refractivity contribution in [1.29, 1.82) is 0 Å². The Labute approximate surface area is 196 Å². The Kier molecular flexibility index (Phi) is 6.39. The summed E-state index contributed by atoms with van der Waals surface area (Å²) in [6.45, 7) is 5.53. The number of rotatable bonds is 6. The molecule has 0 saturated carbocycles. The highest BCUT2D eigenvalue weighted by Gasteiger charge is 2.34. The van der Waals surface area contributed by atoms with Gasteiger partial charge in [0, 0.05) is 28.0 Å². The third kappa shape index (κ3) is 4.44. The van der Waals surface area contributed by atoms with E-state index in [2.05, 4.69) is 17.2 Å². The highest BCUT2D eigenvalue weighted by atomic mass is 35.5. The molecule has 1 atom stereocenters. The molecule has 2 heterocycles. The third-order valence-electron chi connectivity index (χ3n) is 5.01. The SMILES string of the molecule is C=CCOC(=O)C1=C(C)NC(=S)N[C@@H]1c1cn(-c2ccccc2)nc1-c1ccc(Cl)cc1. The smallest absolute Gasteiger partial charge is 0.338 e. The average Bonchev–Trinajstić information content (AvgIpc) is 3.23. The maximum atomic E-state index is 12.9. The summed E-state index contributed by atoms with van der Waals surface area (Å²) in [5, 5.41) is 12.1. The van der Waals surface area contributed by atoms with Crippen LogP contribution in [0.3, 0.4) is 0 Å². The van der Waals surface area contributed by atoms with Crippen molar-refractivity contribution in [3.8, 4) is 16.9 Å². The predicted octanol–water partition coefficient (Wildman–Crippen LogP) is 4.71. The van der Waals surface area contributed by atoms with E-state index in [4.69, 9.17) is 33.7 Å². The van der Waals surface area contributed by atoms with Crippen molar-refractivity contribution in [2.75, 3.05) is 6.61 Å². The number of nitrogens with zero attached hydrogens (tertiary/aromatic N) is 2. The molecule has 0 spiro atoms. The van der Waals surface area contributed by atoms with E-state index in [0.717, 1.165) is 16.8 Å². The van der Waals surface area contributed by atoms with Crippen LogP contribution in [0.15, 0.2) is 84.7 Å². The first-order valence-electron chi connectivity index (χ1n) is 9.95. The molecule has 0 aliphatic carbocycles. The average molecular weight is 465 g/mol. The van der Waals surface area contributed by atoms with E-state index in [-0.39, 0.29) is 6.61 Å². The first-order chi connectivity index (χ1) is 15.5. The number of hydrogen-bond acceptors (Lipinski definition) is 4. The zero-order chi connectivity index (χ0) is 22.7. The van der Waals surface area contributed by atoms with Crippen molar-refractivity contribution in [3.63, 3.8) is 0 Å². The second-order valence-corrected chi connectivity index (χ2v) is 8.02. The molecule has 1 aliphatic rings. The zero-order valence-corrected chi connectivity index (χ0v) is 18.9. The van der Waals surface area contributed by atoms with Crippen LogP contribution in [-0.4, -0.2) is 27.5 Å². The highest BCUT2D eigenvalue weighted by molar-refractivity contribution is 7.80. The van der Waals surface area contributed by atoms with Gasteiger partial charge in [-0.15, -0.1) is 0 Å². The Hall–Kier alpha value is -3.42. The molecule has 2 aromatic carbocycles. The maximum absolute atomic E-state index is 12.9. The van der Waals surface area contributed by atoms with Gasteiger partial charge >= 0.3 is 5.97 Å². The first kappa shape index (κ1) is 21.8. The van der Waals surface area contributed by atoms with Gasteiger partial charge in [-0.2, -0.15) is 5.10 Å². The van der Waals surface area contributed by atoms with Gasteiger partial charge in [0.15, 0.2) is 5.11 Å². The molecule has 0 bridgehead atoms. The van der Waals surface area contributed by atoms with E-state index >= 15 is 0 Å². The molecular weight excluding hydrogens is 444 g/mol. The molecule has 162 valence electrons. The van der Waals surface area contributed by atoms with E-state index < -0.39 is 12.0 Å². The molecule has 0 radical (unpaired) electrons. The molecule has 3 aromatic rings. The summed E-state index contributed by atoms with van der Waals surface area (Å²) < 4.78 is 7.14. The fraction of sp³-hybridized carbons (Fsp3) is 0.125. The number of carbonyl (C=O) groups is 1. The molecule has 0 saturated heterocycles. The second kappa shape index (κ2) is 9.38. The molecular formula is C24H21ClN4O2S. The second-order valence-electron chi connectivity index (χ2n) is 7.18. The summed E-state index contributed by atoms with van der Waals surface area (Å²) in [5.41, 5.74) is 4.30. The number of allylic oxidation sites excluding steroid dienone is 1. The molecule has 1 aliphatic heterocycles. The molecule has 0 fully saturated rings. The van der Waals surface area contributed by atoms with Crippen molar-refractivity contribution in [2.45, 2.75) is 13.0 Å². The first-order valence-corrected chi connectivity index (χ1v) is 10.7. The maximum Gasteiger partial charge on any atom is 0.338 e. The van der Waals surface area contributed by atoms with Crippen LogP contribution in [0.5, 0.6) is 0 Å². The monoisotopic (exact) mass is 464 g/mol. The predicted molar refractivity (Wildman–Crippen MR) is 129 cm³/mol. The van der Waals surface area contributed by atoms with Crippen LogP contribution in [0.4, 0.5) is 0 Å². The van der Waals surface area contributed by atoms with Gasteiger partial charge in [0.1, 0.15) is 6.61 Å². The summed E-state index contributed by atoms with van der Waals surface area (Å²) in [5.74, 6) is -0.454. The lowest BCUT2D eigenvalue weighted by molar-refractivity contribution is -0.138. The normalized spacial score (nSPS) is 15.7. The fourth-order valence-electron chi connectivity index (χ4n) is 3.55. The van der Waals surface area contributed by atoms with Crippen molar-refractivity contribution < 1.29 is 9.53 Å². The van der Waals surface area contributed by atoms with E-state index in [1.54, 1.807) is 11.6 Å². The molecule has 2 N–H and O–H groups in total. The number of aromatic nitrogens is 2. The molecule has 0 amide bonds. The van der Waals surface area contributed by atoms with Crippen LogP contribution in [0.1, 0.15) is 18.5 Å². The van der Waals surface area contributed by atoms with Gasteiger partial charge < -0.3 is 15.4 Å². The van der Waals surface area contributed by atoms with E-state index in [9.17, 15) is 4.79 Å². The van der Waals surface area contributed by atoms with Crippen LogP contribution in [0, 0.1) is 0 Å². The standard InChI is InChI=1S/C24H21ClN4O2S/c1-3-13-31-23(30)20-15(2)26-24(32)27-22(20)19-14-29(18-7-5-4-6-8-18)28-21(19)16-9-11-17(25)12-10-16/h3-12,14,22H,1,13H2,2H3,(H2,26,27,32)/t22-/m1/s1. The molecule has 0 unspecified atom stereocenters. The van der Waals surface area contributed by atoms with Gasteiger partial charge in [0.05, 0.1) is 23.0 Å². The van der Waals surface area contributed by atoms with Crippen LogP contribution < -0.4 is 10.6 Å². The fourth-order valence-corrected chi connectivity index (χ4v) is 3.95. The van der Waals surface area contributed by atoms with E-state index in [1.807, 2.05) is 60.8 Å². The molecule has 8 heteroatoms. The number of ether oxygens (including phenoxy) is 1. The van der Waals surface area contributed by atoms with Crippen LogP contribution >= 0.6 is 23.8 Å². The third-order valence-corrected chi connectivity index (χ3v) is 5.49. The lowest BCUT2D eigenvalue weighted by Gasteiger charge is -2.29. The lowest BCUT2D eigenvalue weighted by atomic mass is 9.94. The topological polar surface area (TPSA) is 68.2 Å². The summed E-state index contributed by atoms with van der Waals surface area (Å²) in [6.07, 6.45) is 3.43. The Bertz CT molecular complexity index is 1200. The van der Waals surface area contributed by atoms with E-state index in [0.29, 0.717) is 27.1 Å². The minimum Gasteiger partial charge on any atom is -0.458 e. The quantitative estimate of drug-likeness (QED) is 0.313. The minimum atomic E-state index is -0.552. The zero-order valence-electron chi connectivity index (χ0n) is 17.3. The largest absolute Gasteiger partial charge is 0.458 e. The van der Waals surface area contributed by atoms with Crippen LogP contribution in [0.25, 0.3) is 16.9 Å². The Balaban J connectivity index is 1.88. The van der Waals surface area contributed by atoms with Crippen LogP contribution in [0.2, 0.25) is 5.02 Å². The summed E-state index contributed by atoms with van der Waals surface area (Å²) in [6, 6.07) is 16.6. The summed E-state index contributed by atoms with van der Waals surface area (Å²) >= 11 is 11.5. The number of carbonyl (C=O) groups excluding carboxylic acids is 1. The molecule has 32 heavy (non-hydrogen) atoms. The van der Waals surface area contributed by atoms with Gasteiger partial charge in [-0.3, -0.25) is 0 Å². The number of benzene rings is 2. The van der Waals surface area contributed by atoms with Crippen molar-refractivity contribution >= 4 is 34.9 Å². The van der Waals surface area contributed by atoms with Crippen LogP contribution in [-0.2, 0) is 9.53 Å². The van der Waals surface area contributed by atoms with E-state index in [1.165, 1.54) is 6.08 Å². The minimum absolute atomic E-state index is 0.111. The van der Waals surface area contributed by atoms with Gasteiger partial charge in [0.25, 0.3) is 0 Å². The number of halogens is 1. The highest BCUT2D eigenvalue weighted by Crippen LogP contribution is 2.35. The number of thiocarbonyl (C=S) groups is 1. The van der Waals surface area contributed by atoms with Crippen molar-refractivity contribution in [1.82, 2.24) is 20.4 Å². The Morgan fingerprint density at radius 3 is 2.66 bits per heavy atom. The summed E-state index contributed by atoms with van der Waals surface area (Å²) in [7, 11) is 0. The number of esters is 1. The number of hydrogen-bond donors (Lipinski definition) is 2. The number of para-hydroxylation sites is 1. The number of nitrogens with one attached hydrogen (secondary N) is 2. The van der Waals surface area contributed by atoms with Gasteiger partial charge in [0.2, 0.25) is 0 Å². The van der Waals surface area contributed by atoms with Gasteiger partial charge in [-0.05, 0) is 43.4 Å². The van der Waals surface area contributed by atoms with Crippen molar-refractivity contribution in [2.24, 2.45) is 0 Å². The van der Waals surface area contributed by atoms with Gasteiger partial charge in [-0.25, -0.2) is 9.48 Å². The van der Waals surface area contributed by atoms with Gasteiger partial charge in [-0.1, -0.05) is 54.6 Å².